The molecule has 0 unspecified atom stereocenters. The van der Waals surface area contributed by atoms with E-state index in [1.54, 1.807) is 18.5 Å². The Kier molecular flexibility index (Phi) is 4.50. The minimum absolute atomic E-state index is 0.162. The highest BCUT2D eigenvalue weighted by atomic mass is 19.4. The van der Waals surface area contributed by atoms with Crippen molar-refractivity contribution in [1.82, 2.24) is 14.5 Å². The maximum atomic E-state index is 12.3. The normalized spacial score (nSPS) is 11.7. The Morgan fingerprint density at radius 2 is 2.05 bits per heavy atom. The van der Waals surface area contributed by atoms with E-state index in [9.17, 15) is 13.2 Å². The summed E-state index contributed by atoms with van der Waals surface area (Å²) in [6.45, 7) is 1.97. The summed E-state index contributed by atoms with van der Waals surface area (Å²) in [7, 11) is 1.48. The molecule has 4 nitrogen and oxygen atoms in total. The standard InChI is InChI=1S/C14H16F3N3O/c1-3-13-18-6-7-20(13)11-9-19-10(8-12(11)21-2)4-5-14(15,16)17/h6-9H,3-5H2,1-2H3. The number of aromatic nitrogens is 3. The van der Waals surface area contributed by atoms with E-state index in [-0.39, 0.29) is 6.42 Å². The Morgan fingerprint density at radius 1 is 1.29 bits per heavy atom. The Labute approximate surface area is 120 Å². The van der Waals surface area contributed by atoms with Crippen molar-refractivity contribution in [3.05, 3.63) is 36.2 Å². The summed E-state index contributed by atoms with van der Waals surface area (Å²) < 4.78 is 43.9. The van der Waals surface area contributed by atoms with Gasteiger partial charge in [-0.1, -0.05) is 6.92 Å². The summed E-state index contributed by atoms with van der Waals surface area (Å²) in [6, 6.07) is 1.54. The van der Waals surface area contributed by atoms with E-state index in [4.69, 9.17) is 4.74 Å². The number of nitrogens with zero attached hydrogens (tertiary/aromatic N) is 3. The highest BCUT2D eigenvalue weighted by Gasteiger charge is 2.27. The van der Waals surface area contributed by atoms with E-state index in [1.807, 2.05) is 11.5 Å². The van der Waals surface area contributed by atoms with E-state index < -0.39 is 12.6 Å². The number of pyridine rings is 1. The number of aryl methyl sites for hydroxylation is 2. The molecule has 0 aliphatic carbocycles. The van der Waals surface area contributed by atoms with Gasteiger partial charge in [0.1, 0.15) is 17.3 Å². The molecule has 0 saturated heterocycles. The van der Waals surface area contributed by atoms with Crippen LogP contribution >= 0.6 is 0 Å². The van der Waals surface area contributed by atoms with Crippen molar-refractivity contribution in [2.75, 3.05) is 7.11 Å². The first-order valence-corrected chi connectivity index (χ1v) is 6.57. The molecule has 0 amide bonds. The molecule has 2 heterocycles. The molecule has 0 radical (unpaired) electrons. The van der Waals surface area contributed by atoms with Gasteiger partial charge >= 0.3 is 6.18 Å². The smallest absolute Gasteiger partial charge is 0.389 e. The minimum Gasteiger partial charge on any atom is -0.494 e. The van der Waals surface area contributed by atoms with E-state index in [0.29, 0.717) is 17.1 Å². The molecule has 2 aromatic rings. The van der Waals surface area contributed by atoms with Crippen molar-refractivity contribution >= 4 is 0 Å². The number of alkyl halides is 3. The zero-order valence-electron chi connectivity index (χ0n) is 11.8. The summed E-state index contributed by atoms with van der Waals surface area (Å²) >= 11 is 0. The van der Waals surface area contributed by atoms with Crippen LogP contribution in [0.15, 0.2) is 24.7 Å². The van der Waals surface area contributed by atoms with E-state index >= 15 is 0 Å². The lowest BCUT2D eigenvalue weighted by molar-refractivity contribution is -0.134. The first kappa shape index (κ1) is 15.3. The largest absolute Gasteiger partial charge is 0.494 e. The lowest BCUT2D eigenvalue weighted by atomic mass is 10.2. The van der Waals surface area contributed by atoms with Gasteiger partial charge in [0.2, 0.25) is 0 Å². The number of rotatable bonds is 5. The summed E-state index contributed by atoms with van der Waals surface area (Å²) in [4.78, 5) is 8.30. The Morgan fingerprint density at radius 3 is 2.67 bits per heavy atom. The SMILES string of the molecule is CCc1nccn1-c1cnc(CCC(F)(F)F)cc1OC. The quantitative estimate of drug-likeness (QED) is 0.850. The van der Waals surface area contributed by atoms with Crippen LogP contribution in [0.2, 0.25) is 0 Å². The van der Waals surface area contributed by atoms with Crippen LogP contribution in [-0.4, -0.2) is 27.8 Å². The third-order valence-electron chi connectivity index (χ3n) is 3.08. The molecule has 0 N–H and O–H groups in total. The molecule has 0 fully saturated rings. The number of hydrogen-bond donors (Lipinski definition) is 0. The molecular weight excluding hydrogens is 283 g/mol. The summed E-state index contributed by atoms with van der Waals surface area (Å²) in [5.74, 6) is 1.31. The van der Waals surface area contributed by atoms with Gasteiger partial charge < -0.3 is 4.74 Å². The Bertz CT molecular complexity index is 608. The predicted octanol–water partition coefficient (Wildman–Crippen LogP) is 3.33. The van der Waals surface area contributed by atoms with Gasteiger partial charge in [0, 0.05) is 37.0 Å². The number of imidazole rings is 1. The highest BCUT2D eigenvalue weighted by molar-refractivity contribution is 5.46. The van der Waals surface area contributed by atoms with Crippen LogP contribution < -0.4 is 4.74 Å². The molecule has 7 heteroatoms. The molecule has 0 spiro atoms. The fourth-order valence-corrected chi connectivity index (χ4v) is 2.04. The molecule has 0 aromatic carbocycles. The van der Waals surface area contributed by atoms with E-state index in [0.717, 1.165) is 12.2 Å². The van der Waals surface area contributed by atoms with Crippen LogP contribution in [0.5, 0.6) is 5.75 Å². The third-order valence-corrected chi connectivity index (χ3v) is 3.08. The third kappa shape index (κ3) is 3.74. The van der Waals surface area contributed by atoms with Gasteiger partial charge in [0.25, 0.3) is 0 Å². The van der Waals surface area contributed by atoms with Crippen LogP contribution in [0.3, 0.4) is 0 Å². The molecule has 0 bridgehead atoms. The van der Waals surface area contributed by atoms with Gasteiger partial charge in [0.15, 0.2) is 0 Å². The van der Waals surface area contributed by atoms with Gasteiger partial charge in [-0.2, -0.15) is 13.2 Å². The van der Waals surface area contributed by atoms with Crippen molar-refractivity contribution in [3.63, 3.8) is 0 Å². The van der Waals surface area contributed by atoms with E-state index in [2.05, 4.69) is 9.97 Å². The summed E-state index contributed by atoms with van der Waals surface area (Å²) in [5, 5.41) is 0. The maximum Gasteiger partial charge on any atom is 0.389 e. The Hall–Kier alpha value is -2.05. The minimum atomic E-state index is -4.19. The fraction of sp³-hybridized carbons (Fsp3) is 0.429. The van der Waals surface area contributed by atoms with Crippen molar-refractivity contribution in [3.8, 4) is 11.4 Å². The van der Waals surface area contributed by atoms with Gasteiger partial charge in [-0.05, 0) is 6.42 Å². The van der Waals surface area contributed by atoms with Crippen LogP contribution in [0.4, 0.5) is 13.2 Å². The first-order valence-electron chi connectivity index (χ1n) is 6.57. The van der Waals surface area contributed by atoms with E-state index in [1.165, 1.54) is 13.3 Å². The van der Waals surface area contributed by atoms with Gasteiger partial charge in [-0.25, -0.2) is 4.98 Å². The molecule has 21 heavy (non-hydrogen) atoms. The molecule has 2 rings (SSSR count). The average Bonchev–Trinajstić information content (AvgIpc) is 2.92. The second-order valence-electron chi connectivity index (χ2n) is 4.53. The van der Waals surface area contributed by atoms with Crippen molar-refractivity contribution in [2.24, 2.45) is 0 Å². The number of methoxy groups -OCH3 is 1. The summed E-state index contributed by atoms with van der Waals surface area (Å²) in [6.07, 6.45) is 0.437. The number of ether oxygens (including phenoxy) is 1. The van der Waals surface area contributed by atoms with Crippen molar-refractivity contribution < 1.29 is 17.9 Å². The van der Waals surface area contributed by atoms with Crippen LogP contribution in [0.25, 0.3) is 5.69 Å². The predicted molar refractivity (Wildman–Crippen MR) is 71.7 cm³/mol. The van der Waals surface area contributed by atoms with Gasteiger partial charge in [-0.3, -0.25) is 9.55 Å². The second kappa shape index (κ2) is 6.15. The highest BCUT2D eigenvalue weighted by Crippen LogP contribution is 2.26. The van der Waals surface area contributed by atoms with Crippen LogP contribution in [0, 0.1) is 0 Å². The van der Waals surface area contributed by atoms with Crippen LogP contribution in [-0.2, 0) is 12.8 Å². The average molecular weight is 299 g/mol. The van der Waals surface area contributed by atoms with Crippen molar-refractivity contribution in [2.45, 2.75) is 32.4 Å². The first-order chi connectivity index (χ1) is 9.94. The molecule has 0 saturated carbocycles. The number of hydrogen-bond acceptors (Lipinski definition) is 3. The molecule has 2 aromatic heterocycles. The van der Waals surface area contributed by atoms with Gasteiger partial charge in [-0.15, -0.1) is 0 Å². The van der Waals surface area contributed by atoms with Gasteiger partial charge in [0.05, 0.1) is 13.3 Å². The molecule has 114 valence electrons. The van der Waals surface area contributed by atoms with Crippen molar-refractivity contribution in [1.29, 1.82) is 0 Å². The molecule has 0 atom stereocenters. The molecular formula is C14H16F3N3O. The maximum absolute atomic E-state index is 12.3. The van der Waals surface area contributed by atoms with Crippen LogP contribution in [0.1, 0.15) is 24.9 Å². The number of halogens is 3. The summed E-state index contributed by atoms with van der Waals surface area (Å²) in [5.41, 5.74) is 1.02. The zero-order valence-corrected chi connectivity index (χ0v) is 11.8. The Balaban J connectivity index is 2.29. The lowest BCUT2D eigenvalue weighted by Crippen LogP contribution is -2.10. The topological polar surface area (TPSA) is 39.9 Å². The molecule has 0 aliphatic rings. The lowest BCUT2D eigenvalue weighted by Gasteiger charge is -2.13. The molecule has 0 aliphatic heterocycles. The zero-order chi connectivity index (χ0) is 15.5. The second-order valence-corrected chi connectivity index (χ2v) is 4.53. The monoisotopic (exact) mass is 299 g/mol. The fourth-order valence-electron chi connectivity index (χ4n) is 2.04.